The molecule has 2 atom stereocenters. The van der Waals surface area contributed by atoms with E-state index in [9.17, 15) is 14.4 Å². The van der Waals surface area contributed by atoms with Crippen LogP contribution in [0.15, 0.2) is 41.2 Å². The maximum Gasteiger partial charge on any atom is 0.303 e. The van der Waals surface area contributed by atoms with Crippen molar-refractivity contribution in [1.82, 2.24) is 9.47 Å². The minimum Gasteiger partial charge on any atom is -0.497 e. The average molecular weight is 396 g/mol. The Labute approximate surface area is 168 Å². The van der Waals surface area contributed by atoms with Crippen molar-refractivity contribution in [2.75, 3.05) is 20.2 Å². The quantitative estimate of drug-likeness (QED) is 0.838. The number of carboxylic acids is 1. The molecule has 0 radical (unpaired) electrons. The molecule has 1 amide bonds. The highest BCUT2D eigenvalue weighted by Crippen LogP contribution is 2.36. The van der Waals surface area contributed by atoms with Gasteiger partial charge in [-0.3, -0.25) is 14.4 Å². The summed E-state index contributed by atoms with van der Waals surface area (Å²) in [6.07, 6.45) is 0.827. The fraction of sp³-hybridized carbons (Fsp3) is 0.409. The molecule has 0 unspecified atom stereocenters. The molecule has 1 aromatic carbocycles. The van der Waals surface area contributed by atoms with Crippen LogP contribution < -0.4 is 10.3 Å². The lowest BCUT2D eigenvalue weighted by molar-refractivity contribution is -0.141. The van der Waals surface area contributed by atoms with E-state index in [0.717, 1.165) is 23.4 Å². The average Bonchev–Trinajstić information content (AvgIpc) is 2.72. The number of carboxylic acid groups (broad SMARTS) is 1. The van der Waals surface area contributed by atoms with E-state index in [1.165, 1.54) is 0 Å². The third-order valence-corrected chi connectivity index (χ3v) is 5.91. The number of hydrogen-bond donors (Lipinski definition) is 1. The van der Waals surface area contributed by atoms with Crippen LogP contribution >= 0.6 is 0 Å². The van der Waals surface area contributed by atoms with Crippen LogP contribution in [0.3, 0.4) is 0 Å². The van der Waals surface area contributed by atoms with Gasteiger partial charge in [0.1, 0.15) is 5.75 Å². The van der Waals surface area contributed by atoms with E-state index in [1.54, 1.807) is 12.0 Å². The van der Waals surface area contributed by atoms with Gasteiger partial charge >= 0.3 is 5.97 Å². The lowest BCUT2D eigenvalue weighted by Crippen LogP contribution is -2.49. The maximum absolute atomic E-state index is 13.2. The van der Waals surface area contributed by atoms with E-state index in [-0.39, 0.29) is 36.1 Å². The Kier molecular flexibility index (Phi) is 5.13. The third kappa shape index (κ3) is 3.77. The van der Waals surface area contributed by atoms with Gasteiger partial charge in [-0.25, -0.2) is 0 Å². The van der Waals surface area contributed by atoms with Crippen molar-refractivity contribution in [1.29, 1.82) is 0 Å². The van der Waals surface area contributed by atoms with Crippen LogP contribution in [0.4, 0.5) is 0 Å². The molecule has 1 aromatic heterocycles. The molecule has 7 nitrogen and oxygen atoms in total. The Morgan fingerprint density at radius 2 is 1.83 bits per heavy atom. The molecular weight excluding hydrogens is 372 g/mol. The molecule has 0 aliphatic carbocycles. The van der Waals surface area contributed by atoms with Crippen LogP contribution in [0.1, 0.15) is 30.9 Å². The Hall–Kier alpha value is -3.09. The molecule has 4 rings (SSSR count). The topological polar surface area (TPSA) is 88.8 Å². The number of hydrogen-bond acceptors (Lipinski definition) is 4. The minimum atomic E-state index is -0.960. The first-order valence-electron chi connectivity index (χ1n) is 9.84. The van der Waals surface area contributed by atoms with E-state index >= 15 is 0 Å². The van der Waals surface area contributed by atoms with E-state index < -0.39 is 5.97 Å². The lowest BCUT2D eigenvalue weighted by Gasteiger charge is -2.43. The van der Waals surface area contributed by atoms with Gasteiger partial charge in [0.25, 0.3) is 5.56 Å². The van der Waals surface area contributed by atoms with E-state index in [1.807, 2.05) is 41.0 Å². The second-order valence-electron chi connectivity index (χ2n) is 7.81. The van der Waals surface area contributed by atoms with E-state index in [0.29, 0.717) is 25.2 Å². The van der Waals surface area contributed by atoms with E-state index in [2.05, 4.69) is 0 Å². The van der Waals surface area contributed by atoms with Gasteiger partial charge in [0.15, 0.2) is 0 Å². The number of pyridine rings is 1. The van der Waals surface area contributed by atoms with Gasteiger partial charge in [-0.2, -0.15) is 0 Å². The van der Waals surface area contributed by atoms with Crippen molar-refractivity contribution in [2.24, 2.45) is 5.92 Å². The molecule has 7 heteroatoms. The number of benzene rings is 1. The number of aliphatic carboxylic acids is 1. The number of fused-ring (bicyclic) bond motifs is 4. The van der Waals surface area contributed by atoms with Gasteiger partial charge < -0.3 is 19.3 Å². The molecule has 2 aliphatic heterocycles. The molecule has 1 saturated heterocycles. The van der Waals surface area contributed by atoms with Gasteiger partial charge in [-0.05, 0) is 42.2 Å². The number of carbonyl (C=O) groups is 2. The van der Waals surface area contributed by atoms with Gasteiger partial charge in [-0.15, -0.1) is 0 Å². The Morgan fingerprint density at radius 1 is 1.07 bits per heavy atom. The summed E-state index contributed by atoms with van der Waals surface area (Å²) in [6, 6.07) is 11.3. The van der Waals surface area contributed by atoms with Crippen LogP contribution in [0.2, 0.25) is 0 Å². The molecule has 29 heavy (non-hydrogen) atoms. The highest BCUT2D eigenvalue weighted by Gasteiger charge is 2.36. The minimum absolute atomic E-state index is 0.00646. The van der Waals surface area contributed by atoms with Crippen LogP contribution in [0.5, 0.6) is 5.75 Å². The second-order valence-corrected chi connectivity index (χ2v) is 7.81. The van der Waals surface area contributed by atoms with E-state index in [4.69, 9.17) is 9.84 Å². The summed E-state index contributed by atoms with van der Waals surface area (Å²) >= 11 is 0. The summed E-state index contributed by atoms with van der Waals surface area (Å²) in [5.74, 6) is -0.0204. The number of carbonyl (C=O) groups excluding carboxylic acids is 1. The number of nitrogens with zero attached hydrogens (tertiary/aromatic N) is 2. The zero-order valence-electron chi connectivity index (χ0n) is 16.3. The summed E-state index contributed by atoms with van der Waals surface area (Å²) in [4.78, 5) is 38.1. The molecule has 0 saturated carbocycles. The first kappa shape index (κ1) is 19.2. The normalized spacial score (nSPS) is 20.1. The molecule has 152 valence electrons. The summed E-state index contributed by atoms with van der Waals surface area (Å²) < 4.78 is 7.05. The first-order chi connectivity index (χ1) is 14.0. The number of aromatic nitrogens is 1. The van der Waals surface area contributed by atoms with Crippen LogP contribution in [0, 0.1) is 5.92 Å². The summed E-state index contributed by atoms with van der Waals surface area (Å²) in [5.41, 5.74) is 2.46. The standard InChI is InChI=1S/C22H24N2O5/c1-29-17-4-2-15(3-5-17)18-6-7-19-16-10-14(12-24(19)22(18)28)11-23(13-16)20(25)8-9-21(26)27/h2-7,14,16H,8-13H2,1H3,(H,26,27)/t14-,16-/m1/s1. The van der Waals surface area contributed by atoms with Gasteiger partial charge in [0.05, 0.1) is 13.5 Å². The van der Waals surface area contributed by atoms with Crippen molar-refractivity contribution in [3.63, 3.8) is 0 Å². The maximum atomic E-state index is 13.2. The number of likely N-dealkylation sites (tertiary alicyclic amines) is 1. The van der Waals surface area contributed by atoms with Crippen molar-refractivity contribution < 1.29 is 19.4 Å². The van der Waals surface area contributed by atoms with Crippen molar-refractivity contribution in [2.45, 2.75) is 31.7 Å². The van der Waals surface area contributed by atoms with Crippen molar-refractivity contribution in [3.8, 4) is 16.9 Å². The third-order valence-electron chi connectivity index (χ3n) is 5.91. The lowest BCUT2D eigenvalue weighted by atomic mass is 9.82. The van der Waals surface area contributed by atoms with Crippen molar-refractivity contribution >= 4 is 11.9 Å². The Bertz CT molecular complexity index is 995. The highest BCUT2D eigenvalue weighted by molar-refractivity contribution is 5.81. The fourth-order valence-corrected chi connectivity index (χ4v) is 4.51. The zero-order chi connectivity index (χ0) is 20.5. The van der Waals surface area contributed by atoms with Gasteiger partial charge in [0.2, 0.25) is 5.91 Å². The molecule has 2 aliphatic rings. The summed E-state index contributed by atoms with van der Waals surface area (Å²) in [7, 11) is 1.61. The molecule has 2 bridgehead atoms. The summed E-state index contributed by atoms with van der Waals surface area (Å²) in [5, 5.41) is 8.82. The zero-order valence-corrected chi connectivity index (χ0v) is 16.3. The number of amides is 1. The molecule has 1 fully saturated rings. The molecule has 3 heterocycles. The van der Waals surface area contributed by atoms with Crippen LogP contribution in [0.25, 0.3) is 11.1 Å². The molecule has 2 aromatic rings. The number of piperidine rings is 1. The Balaban J connectivity index is 1.59. The SMILES string of the molecule is COc1ccc(-c2ccc3n(c2=O)C[C@@H]2C[C@@H]3CN(C(=O)CCC(=O)O)C2)cc1. The predicted molar refractivity (Wildman–Crippen MR) is 107 cm³/mol. The Morgan fingerprint density at radius 3 is 2.52 bits per heavy atom. The molecular formula is C22H24N2O5. The monoisotopic (exact) mass is 396 g/mol. The fourth-order valence-electron chi connectivity index (χ4n) is 4.51. The summed E-state index contributed by atoms with van der Waals surface area (Å²) in [6.45, 7) is 1.70. The van der Waals surface area contributed by atoms with Crippen LogP contribution in [-0.2, 0) is 16.1 Å². The largest absolute Gasteiger partial charge is 0.497 e. The molecule has 0 spiro atoms. The first-order valence-corrected chi connectivity index (χ1v) is 9.84. The predicted octanol–water partition coefficient (Wildman–Crippen LogP) is 2.33. The smallest absolute Gasteiger partial charge is 0.303 e. The second kappa shape index (κ2) is 7.73. The highest BCUT2D eigenvalue weighted by atomic mass is 16.5. The number of rotatable bonds is 5. The van der Waals surface area contributed by atoms with Crippen LogP contribution in [-0.4, -0.2) is 46.6 Å². The number of ether oxygens (including phenoxy) is 1. The molecule has 1 N–H and O–H groups in total. The van der Waals surface area contributed by atoms with Crippen molar-refractivity contribution in [3.05, 3.63) is 52.4 Å². The number of methoxy groups -OCH3 is 1. The van der Waals surface area contributed by atoms with Gasteiger partial charge in [-0.1, -0.05) is 12.1 Å². The van der Waals surface area contributed by atoms with Gasteiger partial charge in [0, 0.05) is 43.2 Å².